The lowest BCUT2D eigenvalue weighted by molar-refractivity contribution is 0.0956. The van der Waals surface area contributed by atoms with E-state index in [1.165, 1.54) is 0 Å². The van der Waals surface area contributed by atoms with Gasteiger partial charge in [0.05, 0.1) is 18.3 Å². The molecule has 1 amide bonds. The molecule has 6 nitrogen and oxygen atoms in total. The smallest absolute Gasteiger partial charge is 0.253 e. The maximum absolute atomic E-state index is 12.0. The first-order valence-electron chi connectivity index (χ1n) is 6.43. The Balaban J connectivity index is 2.16. The summed E-state index contributed by atoms with van der Waals surface area (Å²) in [5, 5.41) is 5.89. The summed E-state index contributed by atoms with van der Waals surface area (Å²) in [6.45, 7) is 4.67. The van der Waals surface area contributed by atoms with Crippen molar-refractivity contribution in [2.45, 2.75) is 20.4 Å². The van der Waals surface area contributed by atoms with Crippen LogP contribution in [0.5, 0.6) is 0 Å². The molecule has 0 radical (unpaired) electrons. The molecular formula is C14H18N4O2. The second kappa shape index (κ2) is 6.10. The fourth-order valence-corrected chi connectivity index (χ4v) is 1.82. The number of hydrogen-bond acceptors (Lipinski definition) is 5. The number of benzene rings is 1. The number of rotatable bonds is 5. The predicted octanol–water partition coefficient (Wildman–Crippen LogP) is 1.93. The summed E-state index contributed by atoms with van der Waals surface area (Å²) >= 11 is 0. The number of oxazole rings is 1. The Morgan fingerprint density at radius 1 is 1.45 bits per heavy atom. The molecule has 0 spiro atoms. The molecule has 0 aliphatic rings. The highest BCUT2D eigenvalue weighted by Crippen LogP contribution is 2.20. The number of aromatic nitrogens is 1. The standard InChI is InChI=1S/C14H18N4O2/c1-3-16-14(19)11-5-4-10(15)6-12(11)17-8-13-18-7-9(2)20-13/h4-7,17H,3,8,15H2,1-2H3,(H,16,19). The molecule has 1 aromatic carbocycles. The van der Waals surface area contributed by atoms with E-state index < -0.39 is 0 Å². The summed E-state index contributed by atoms with van der Waals surface area (Å²) in [7, 11) is 0. The topological polar surface area (TPSA) is 93.2 Å². The molecule has 0 saturated carbocycles. The zero-order valence-electron chi connectivity index (χ0n) is 11.6. The average Bonchev–Trinajstić information content (AvgIpc) is 2.82. The first-order chi connectivity index (χ1) is 9.60. The van der Waals surface area contributed by atoms with Crippen molar-refractivity contribution in [3.8, 4) is 0 Å². The fraction of sp³-hybridized carbons (Fsp3) is 0.286. The summed E-state index contributed by atoms with van der Waals surface area (Å²) in [4.78, 5) is 16.1. The van der Waals surface area contributed by atoms with Gasteiger partial charge in [-0.15, -0.1) is 0 Å². The molecule has 0 unspecified atom stereocenters. The quantitative estimate of drug-likeness (QED) is 0.724. The monoisotopic (exact) mass is 274 g/mol. The van der Waals surface area contributed by atoms with E-state index in [0.717, 1.165) is 5.76 Å². The molecule has 2 aromatic rings. The predicted molar refractivity (Wildman–Crippen MR) is 77.4 cm³/mol. The van der Waals surface area contributed by atoms with Crippen LogP contribution in [0.15, 0.2) is 28.8 Å². The van der Waals surface area contributed by atoms with Gasteiger partial charge in [-0.25, -0.2) is 4.98 Å². The number of amides is 1. The summed E-state index contributed by atoms with van der Waals surface area (Å²) in [5.41, 5.74) is 7.56. The van der Waals surface area contributed by atoms with E-state index in [1.54, 1.807) is 24.4 Å². The van der Waals surface area contributed by atoms with Crippen LogP contribution in [0.1, 0.15) is 28.9 Å². The van der Waals surface area contributed by atoms with E-state index in [2.05, 4.69) is 15.6 Å². The van der Waals surface area contributed by atoms with Gasteiger partial charge in [0.25, 0.3) is 5.91 Å². The van der Waals surface area contributed by atoms with E-state index in [4.69, 9.17) is 10.2 Å². The Labute approximate surface area is 117 Å². The van der Waals surface area contributed by atoms with Crippen molar-refractivity contribution in [3.05, 3.63) is 41.6 Å². The Morgan fingerprint density at radius 2 is 2.25 bits per heavy atom. The summed E-state index contributed by atoms with van der Waals surface area (Å²) in [6.07, 6.45) is 1.65. The van der Waals surface area contributed by atoms with Gasteiger partial charge in [0.2, 0.25) is 5.89 Å². The minimum absolute atomic E-state index is 0.140. The third-order valence-corrected chi connectivity index (χ3v) is 2.72. The van der Waals surface area contributed by atoms with Crippen molar-refractivity contribution in [2.75, 3.05) is 17.6 Å². The second-order valence-corrected chi connectivity index (χ2v) is 4.38. The van der Waals surface area contributed by atoms with Crippen LogP contribution in [-0.2, 0) is 6.54 Å². The van der Waals surface area contributed by atoms with Crippen molar-refractivity contribution in [1.82, 2.24) is 10.3 Å². The summed E-state index contributed by atoms with van der Waals surface area (Å²) in [6, 6.07) is 5.12. The van der Waals surface area contributed by atoms with E-state index in [0.29, 0.717) is 35.9 Å². The van der Waals surface area contributed by atoms with E-state index in [9.17, 15) is 4.79 Å². The molecule has 0 aliphatic heterocycles. The largest absolute Gasteiger partial charge is 0.444 e. The lowest BCUT2D eigenvalue weighted by atomic mass is 10.1. The molecule has 0 aliphatic carbocycles. The van der Waals surface area contributed by atoms with E-state index in [-0.39, 0.29) is 5.91 Å². The van der Waals surface area contributed by atoms with Gasteiger partial charge < -0.3 is 20.8 Å². The molecule has 0 saturated heterocycles. The molecule has 2 rings (SSSR count). The molecule has 20 heavy (non-hydrogen) atoms. The van der Waals surface area contributed by atoms with Crippen molar-refractivity contribution < 1.29 is 9.21 Å². The van der Waals surface area contributed by atoms with Gasteiger partial charge in [-0.3, -0.25) is 4.79 Å². The molecule has 1 heterocycles. The maximum atomic E-state index is 12.0. The second-order valence-electron chi connectivity index (χ2n) is 4.38. The highest BCUT2D eigenvalue weighted by atomic mass is 16.4. The highest BCUT2D eigenvalue weighted by molar-refractivity contribution is 6.00. The zero-order valence-corrected chi connectivity index (χ0v) is 11.6. The molecule has 106 valence electrons. The number of anilines is 2. The number of hydrogen-bond donors (Lipinski definition) is 3. The van der Waals surface area contributed by atoms with Crippen molar-refractivity contribution >= 4 is 17.3 Å². The molecule has 0 atom stereocenters. The van der Waals surface area contributed by atoms with Crippen LogP contribution in [0.2, 0.25) is 0 Å². The number of carbonyl (C=O) groups excluding carboxylic acids is 1. The average molecular weight is 274 g/mol. The SMILES string of the molecule is CCNC(=O)c1ccc(N)cc1NCc1ncc(C)o1. The third-order valence-electron chi connectivity index (χ3n) is 2.72. The Hall–Kier alpha value is -2.50. The lowest BCUT2D eigenvalue weighted by Crippen LogP contribution is -2.24. The number of aryl methyl sites for hydroxylation is 1. The molecule has 1 aromatic heterocycles. The van der Waals surface area contributed by atoms with Crippen LogP contribution < -0.4 is 16.4 Å². The van der Waals surface area contributed by atoms with Gasteiger partial charge >= 0.3 is 0 Å². The number of nitrogens with one attached hydrogen (secondary N) is 2. The Bertz CT molecular complexity index is 607. The van der Waals surface area contributed by atoms with Crippen molar-refractivity contribution in [3.63, 3.8) is 0 Å². The summed E-state index contributed by atoms with van der Waals surface area (Å²) in [5.74, 6) is 1.17. The first kappa shape index (κ1) is 13.9. The van der Waals surface area contributed by atoms with E-state index in [1.807, 2.05) is 13.8 Å². The van der Waals surface area contributed by atoms with Crippen LogP contribution >= 0.6 is 0 Å². The van der Waals surface area contributed by atoms with Gasteiger partial charge in [-0.05, 0) is 32.0 Å². The van der Waals surface area contributed by atoms with Crippen molar-refractivity contribution in [2.24, 2.45) is 0 Å². The van der Waals surface area contributed by atoms with Gasteiger partial charge in [-0.2, -0.15) is 0 Å². The molecule has 6 heteroatoms. The number of nitrogen functional groups attached to an aromatic ring is 1. The highest BCUT2D eigenvalue weighted by Gasteiger charge is 2.11. The minimum atomic E-state index is -0.140. The van der Waals surface area contributed by atoms with Gasteiger partial charge in [0, 0.05) is 17.9 Å². The lowest BCUT2D eigenvalue weighted by Gasteiger charge is -2.11. The Morgan fingerprint density at radius 3 is 2.90 bits per heavy atom. The van der Waals surface area contributed by atoms with Gasteiger partial charge in [0.15, 0.2) is 0 Å². The van der Waals surface area contributed by atoms with Crippen LogP contribution in [0.3, 0.4) is 0 Å². The van der Waals surface area contributed by atoms with Gasteiger partial charge in [-0.1, -0.05) is 0 Å². The summed E-state index contributed by atoms with van der Waals surface area (Å²) < 4.78 is 5.38. The van der Waals surface area contributed by atoms with Crippen LogP contribution in [0.25, 0.3) is 0 Å². The fourth-order valence-electron chi connectivity index (χ4n) is 1.82. The van der Waals surface area contributed by atoms with E-state index >= 15 is 0 Å². The zero-order chi connectivity index (χ0) is 14.5. The van der Waals surface area contributed by atoms with Crippen LogP contribution in [0, 0.1) is 6.92 Å². The molecule has 0 bridgehead atoms. The first-order valence-corrected chi connectivity index (χ1v) is 6.43. The molecule has 0 fully saturated rings. The Kier molecular flexibility index (Phi) is 4.24. The van der Waals surface area contributed by atoms with Crippen molar-refractivity contribution in [1.29, 1.82) is 0 Å². The number of nitrogens with two attached hydrogens (primary N) is 1. The number of carbonyl (C=O) groups is 1. The third kappa shape index (κ3) is 3.28. The maximum Gasteiger partial charge on any atom is 0.253 e. The van der Waals surface area contributed by atoms with Crippen LogP contribution in [-0.4, -0.2) is 17.4 Å². The van der Waals surface area contributed by atoms with Gasteiger partial charge in [0.1, 0.15) is 5.76 Å². The van der Waals surface area contributed by atoms with Crippen LogP contribution in [0.4, 0.5) is 11.4 Å². The molecule has 4 N–H and O–H groups in total. The molecular weight excluding hydrogens is 256 g/mol. The minimum Gasteiger partial charge on any atom is -0.444 e. The number of nitrogens with zero attached hydrogens (tertiary/aromatic N) is 1. The normalized spacial score (nSPS) is 10.3.